The number of ether oxygens (including phenoxy) is 1. The maximum Gasteiger partial charge on any atom is 0.0593 e. The van der Waals surface area contributed by atoms with Crippen molar-refractivity contribution in [1.29, 1.82) is 0 Å². The number of likely N-dealkylation sites (N-methyl/N-ethyl adjacent to an activating group) is 1. The first kappa shape index (κ1) is 16.5. The van der Waals surface area contributed by atoms with Crippen molar-refractivity contribution in [1.82, 2.24) is 4.90 Å². The van der Waals surface area contributed by atoms with Crippen molar-refractivity contribution in [3.05, 3.63) is 34.9 Å². The van der Waals surface area contributed by atoms with Gasteiger partial charge in [-0.3, -0.25) is 0 Å². The van der Waals surface area contributed by atoms with Crippen LogP contribution in [0.2, 0.25) is 0 Å². The van der Waals surface area contributed by atoms with Gasteiger partial charge >= 0.3 is 0 Å². The summed E-state index contributed by atoms with van der Waals surface area (Å²) in [5.41, 5.74) is 10.2. The number of hydrogen-bond donors (Lipinski definition) is 1. The molecule has 0 amide bonds. The SMILES string of the molecule is Cc1cc(C)cc(C(N)CCN(C)CCOCC2CC2)c1. The molecule has 2 N–H and O–H groups in total. The highest BCUT2D eigenvalue weighted by Gasteiger charge is 2.20. The van der Waals surface area contributed by atoms with E-state index in [2.05, 4.69) is 44.0 Å². The molecule has 0 heterocycles. The van der Waals surface area contributed by atoms with Crippen LogP contribution in [0.1, 0.15) is 42.0 Å². The lowest BCUT2D eigenvalue weighted by Crippen LogP contribution is -2.27. The van der Waals surface area contributed by atoms with Crippen molar-refractivity contribution < 1.29 is 4.74 Å². The molecule has 0 saturated heterocycles. The van der Waals surface area contributed by atoms with Gasteiger partial charge in [-0.05, 0) is 58.2 Å². The van der Waals surface area contributed by atoms with E-state index in [0.29, 0.717) is 0 Å². The summed E-state index contributed by atoms with van der Waals surface area (Å²) < 4.78 is 5.68. The molecule has 1 unspecified atom stereocenters. The fourth-order valence-electron chi connectivity index (χ4n) is 2.62. The number of hydrogen-bond acceptors (Lipinski definition) is 3. The van der Waals surface area contributed by atoms with Crippen LogP contribution in [0, 0.1) is 19.8 Å². The molecule has 3 heteroatoms. The fourth-order valence-corrected chi connectivity index (χ4v) is 2.62. The van der Waals surface area contributed by atoms with E-state index >= 15 is 0 Å². The zero-order chi connectivity index (χ0) is 15.2. The summed E-state index contributed by atoms with van der Waals surface area (Å²) in [6.45, 7) is 8.06. The lowest BCUT2D eigenvalue weighted by atomic mass is 10.00. The average molecular weight is 290 g/mol. The molecule has 0 radical (unpaired) electrons. The van der Waals surface area contributed by atoms with Gasteiger partial charge in [0, 0.05) is 19.2 Å². The van der Waals surface area contributed by atoms with Gasteiger partial charge in [0.05, 0.1) is 6.61 Å². The maximum atomic E-state index is 6.33. The van der Waals surface area contributed by atoms with E-state index in [9.17, 15) is 0 Å². The fraction of sp³-hybridized carbons (Fsp3) is 0.667. The topological polar surface area (TPSA) is 38.5 Å². The molecular weight excluding hydrogens is 260 g/mol. The third-order valence-electron chi connectivity index (χ3n) is 4.16. The summed E-state index contributed by atoms with van der Waals surface area (Å²) in [5.74, 6) is 0.855. The molecule has 2 rings (SSSR count). The Labute approximate surface area is 129 Å². The van der Waals surface area contributed by atoms with E-state index in [1.54, 1.807) is 0 Å². The Morgan fingerprint density at radius 1 is 1.19 bits per heavy atom. The Kier molecular flexibility index (Phi) is 6.22. The minimum atomic E-state index is 0.124. The van der Waals surface area contributed by atoms with E-state index in [1.165, 1.54) is 29.5 Å². The van der Waals surface area contributed by atoms with Crippen LogP contribution >= 0.6 is 0 Å². The Balaban J connectivity index is 1.65. The molecule has 118 valence electrons. The molecule has 1 aromatic rings. The minimum absolute atomic E-state index is 0.124. The lowest BCUT2D eigenvalue weighted by molar-refractivity contribution is 0.103. The van der Waals surface area contributed by atoms with Gasteiger partial charge in [-0.15, -0.1) is 0 Å². The first-order valence-electron chi connectivity index (χ1n) is 8.14. The Morgan fingerprint density at radius 3 is 2.48 bits per heavy atom. The molecule has 1 fully saturated rings. The van der Waals surface area contributed by atoms with E-state index in [4.69, 9.17) is 10.5 Å². The van der Waals surface area contributed by atoms with Gasteiger partial charge in [0.25, 0.3) is 0 Å². The van der Waals surface area contributed by atoms with E-state index in [1.807, 2.05) is 0 Å². The van der Waals surface area contributed by atoms with Crippen molar-refractivity contribution in [2.75, 3.05) is 33.4 Å². The van der Waals surface area contributed by atoms with Crippen LogP contribution in [-0.4, -0.2) is 38.3 Å². The van der Waals surface area contributed by atoms with Gasteiger partial charge in [0.2, 0.25) is 0 Å². The van der Waals surface area contributed by atoms with Crippen molar-refractivity contribution >= 4 is 0 Å². The zero-order valence-corrected chi connectivity index (χ0v) is 13.8. The summed E-state index contributed by atoms with van der Waals surface area (Å²) in [5, 5.41) is 0. The third kappa shape index (κ3) is 6.16. The highest BCUT2D eigenvalue weighted by molar-refractivity contribution is 5.30. The number of benzene rings is 1. The van der Waals surface area contributed by atoms with Crippen LogP contribution in [0.3, 0.4) is 0 Å². The van der Waals surface area contributed by atoms with Crippen molar-refractivity contribution in [2.24, 2.45) is 11.7 Å². The Bertz CT molecular complexity index is 423. The van der Waals surface area contributed by atoms with Gasteiger partial charge in [-0.25, -0.2) is 0 Å². The molecule has 0 spiro atoms. The highest BCUT2D eigenvalue weighted by atomic mass is 16.5. The lowest BCUT2D eigenvalue weighted by Gasteiger charge is -2.20. The Hall–Kier alpha value is -0.900. The van der Waals surface area contributed by atoms with Crippen LogP contribution in [0.4, 0.5) is 0 Å². The van der Waals surface area contributed by atoms with Gasteiger partial charge in [-0.2, -0.15) is 0 Å². The standard InChI is InChI=1S/C18H30N2O/c1-14-10-15(2)12-17(11-14)18(19)6-7-20(3)8-9-21-13-16-4-5-16/h10-12,16,18H,4-9,13,19H2,1-3H3. The van der Waals surface area contributed by atoms with Gasteiger partial charge in [-0.1, -0.05) is 29.3 Å². The predicted octanol–water partition coefficient (Wildman–Crippen LogP) is 3.05. The zero-order valence-electron chi connectivity index (χ0n) is 13.8. The minimum Gasteiger partial charge on any atom is -0.380 e. The van der Waals surface area contributed by atoms with Crippen LogP contribution in [0.15, 0.2) is 18.2 Å². The van der Waals surface area contributed by atoms with Crippen molar-refractivity contribution in [3.63, 3.8) is 0 Å². The molecule has 21 heavy (non-hydrogen) atoms. The van der Waals surface area contributed by atoms with Crippen LogP contribution < -0.4 is 5.73 Å². The number of rotatable bonds is 9. The van der Waals surface area contributed by atoms with Crippen molar-refractivity contribution in [2.45, 2.75) is 39.2 Å². The highest BCUT2D eigenvalue weighted by Crippen LogP contribution is 2.28. The van der Waals surface area contributed by atoms with Crippen LogP contribution in [0.25, 0.3) is 0 Å². The Morgan fingerprint density at radius 2 is 1.86 bits per heavy atom. The molecule has 1 aliphatic carbocycles. The maximum absolute atomic E-state index is 6.33. The number of aryl methyl sites for hydroxylation is 2. The van der Waals surface area contributed by atoms with Crippen LogP contribution in [-0.2, 0) is 4.74 Å². The molecule has 1 aromatic carbocycles. The van der Waals surface area contributed by atoms with E-state index < -0.39 is 0 Å². The second kappa shape index (κ2) is 7.92. The number of nitrogens with two attached hydrogens (primary N) is 1. The normalized spacial score (nSPS) is 16.4. The summed E-state index contributed by atoms with van der Waals surface area (Å²) >= 11 is 0. The number of nitrogens with zero attached hydrogens (tertiary/aromatic N) is 1. The smallest absolute Gasteiger partial charge is 0.0593 e. The molecule has 1 atom stereocenters. The van der Waals surface area contributed by atoms with Gasteiger partial charge in [0.1, 0.15) is 0 Å². The molecule has 1 saturated carbocycles. The molecule has 0 aliphatic heterocycles. The molecule has 0 bridgehead atoms. The first-order chi connectivity index (χ1) is 10.0. The second-order valence-electron chi connectivity index (χ2n) is 6.64. The predicted molar refractivity (Wildman–Crippen MR) is 88.5 cm³/mol. The quantitative estimate of drug-likeness (QED) is 0.710. The first-order valence-corrected chi connectivity index (χ1v) is 8.14. The molecule has 1 aliphatic rings. The summed E-state index contributed by atoms with van der Waals surface area (Å²) in [6.07, 6.45) is 3.71. The molecule has 0 aromatic heterocycles. The summed E-state index contributed by atoms with van der Waals surface area (Å²) in [7, 11) is 2.15. The molecular formula is C18H30N2O. The van der Waals surface area contributed by atoms with Gasteiger partial charge in [0.15, 0.2) is 0 Å². The third-order valence-corrected chi connectivity index (χ3v) is 4.16. The summed E-state index contributed by atoms with van der Waals surface area (Å²) in [6, 6.07) is 6.73. The summed E-state index contributed by atoms with van der Waals surface area (Å²) in [4.78, 5) is 2.31. The average Bonchev–Trinajstić information content (AvgIpc) is 3.24. The molecule has 3 nitrogen and oxygen atoms in total. The van der Waals surface area contributed by atoms with Crippen molar-refractivity contribution in [3.8, 4) is 0 Å². The van der Waals surface area contributed by atoms with E-state index in [-0.39, 0.29) is 6.04 Å². The van der Waals surface area contributed by atoms with Crippen LogP contribution in [0.5, 0.6) is 0 Å². The second-order valence-corrected chi connectivity index (χ2v) is 6.64. The van der Waals surface area contributed by atoms with E-state index in [0.717, 1.165) is 38.6 Å². The monoisotopic (exact) mass is 290 g/mol. The largest absolute Gasteiger partial charge is 0.380 e. The van der Waals surface area contributed by atoms with Gasteiger partial charge < -0.3 is 15.4 Å².